The third-order valence-corrected chi connectivity index (χ3v) is 7.30. The van der Waals surface area contributed by atoms with Crippen molar-refractivity contribution in [2.45, 2.75) is 68.6 Å². The van der Waals surface area contributed by atoms with Crippen LogP contribution in [0.3, 0.4) is 0 Å². The van der Waals surface area contributed by atoms with Gasteiger partial charge in [0, 0.05) is 18.2 Å². The first kappa shape index (κ1) is 25.3. The summed E-state index contributed by atoms with van der Waals surface area (Å²) in [5.41, 5.74) is 2.24. The third-order valence-electron chi connectivity index (χ3n) is 6.22. The van der Waals surface area contributed by atoms with Gasteiger partial charge in [0.1, 0.15) is 5.75 Å². The van der Waals surface area contributed by atoms with Crippen LogP contribution in [0.2, 0.25) is 0 Å². The van der Waals surface area contributed by atoms with Gasteiger partial charge in [-0.3, -0.25) is 9.36 Å². The van der Waals surface area contributed by atoms with Gasteiger partial charge in [-0.2, -0.15) is 0 Å². The highest BCUT2D eigenvalue weighted by molar-refractivity contribution is 8.00. The van der Waals surface area contributed by atoms with Crippen molar-refractivity contribution in [3.8, 4) is 17.1 Å². The number of amides is 1. The van der Waals surface area contributed by atoms with Crippen LogP contribution in [0, 0.1) is 0 Å². The molecular weight excluding hydrogens is 460 g/mol. The first-order valence-electron chi connectivity index (χ1n) is 12.2. The zero-order valence-corrected chi connectivity index (χ0v) is 21.5. The van der Waals surface area contributed by atoms with Gasteiger partial charge in [0.15, 0.2) is 11.0 Å². The summed E-state index contributed by atoms with van der Waals surface area (Å²) in [5, 5.41) is 12.5. The van der Waals surface area contributed by atoms with Gasteiger partial charge >= 0.3 is 0 Å². The number of hydrogen-bond acceptors (Lipinski definition) is 6. The maximum Gasteiger partial charge on any atom is 0.233 e. The monoisotopic (exact) mass is 494 g/mol. The van der Waals surface area contributed by atoms with Gasteiger partial charge in [-0.05, 0) is 69.4 Å². The maximum absolute atomic E-state index is 12.9. The van der Waals surface area contributed by atoms with E-state index in [4.69, 9.17) is 9.47 Å². The van der Waals surface area contributed by atoms with E-state index in [2.05, 4.69) is 39.1 Å². The minimum atomic E-state index is -0.301. The van der Waals surface area contributed by atoms with E-state index in [9.17, 15) is 4.79 Å². The highest BCUT2D eigenvalue weighted by Crippen LogP contribution is 2.29. The molecule has 186 valence electrons. The summed E-state index contributed by atoms with van der Waals surface area (Å²) in [4.78, 5) is 12.9. The molecule has 3 atom stereocenters. The van der Waals surface area contributed by atoms with Crippen LogP contribution in [-0.4, -0.2) is 51.8 Å². The molecule has 2 heterocycles. The highest BCUT2D eigenvalue weighted by Gasteiger charge is 2.25. The largest absolute Gasteiger partial charge is 0.497 e. The third kappa shape index (κ3) is 6.86. The molecule has 1 N–H and O–H groups in total. The van der Waals surface area contributed by atoms with Gasteiger partial charge in [-0.25, -0.2) is 0 Å². The van der Waals surface area contributed by atoms with Crippen molar-refractivity contribution in [2.24, 2.45) is 0 Å². The van der Waals surface area contributed by atoms with Gasteiger partial charge in [0.05, 0.1) is 25.0 Å². The van der Waals surface area contributed by atoms with Crippen molar-refractivity contribution in [3.63, 3.8) is 0 Å². The predicted molar refractivity (Wildman–Crippen MR) is 139 cm³/mol. The summed E-state index contributed by atoms with van der Waals surface area (Å²) in [6.45, 7) is 5.42. The van der Waals surface area contributed by atoms with E-state index < -0.39 is 0 Å². The number of aromatic nitrogens is 3. The Morgan fingerprint density at radius 3 is 2.63 bits per heavy atom. The van der Waals surface area contributed by atoms with E-state index in [1.54, 1.807) is 7.11 Å². The summed E-state index contributed by atoms with van der Waals surface area (Å²) in [6, 6.07) is 18.2. The Hall–Kier alpha value is -2.84. The van der Waals surface area contributed by atoms with Crippen LogP contribution >= 0.6 is 11.8 Å². The highest BCUT2D eigenvalue weighted by atomic mass is 32.2. The molecule has 35 heavy (non-hydrogen) atoms. The van der Waals surface area contributed by atoms with Gasteiger partial charge in [-0.15, -0.1) is 10.2 Å². The summed E-state index contributed by atoms with van der Waals surface area (Å²) >= 11 is 1.44. The predicted octanol–water partition coefficient (Wildman–Crippen LogP) is 4.75. The molecular formula is C27H34N4O3S. The molecule has 1 amide bonds. The first-order chi connectivity index (χ1) is 17.0. The Bertz CT molecular complexity index is 1080. The van der Waals surface area contributed by atoms with Crippen LogP contribution in [0.15, 0.2) is 59.8 Å². The maximum atomic E-state index is 12.9. The number of rotatable bonds is 11. The topological polar surface area (TPSA) is 78.3 Å². The lowest BCUT2D eigenvalue weighted by Crippen LogP contribution is -2.38. The molecule has 0 spiro atoms. The molecule has 1 aliphatic rings. The lowest BCUT2D eigenvalue weighted by Gasteiger charge is -2.19. The van der Waals surface area contributed by atoms with Crippen LogP contribution in [0.1, 0.15) is 38.7 Å². The molecule has 0 saturated carbocycles. The van der Waals surface area contributed by atoms with E-state index in [-0.39, 0.29) is 23.3 Å². The van der Waals surface area contributed by atoms with E-state index in [1.165, 1.54) is 17.3 Å². The van der Waals surface area contributed by atoms with E-state index in [0.717, 1.165) is 54.6 Å². The molecule has 3 aromatic rings. The molecule has 1 aliphatic heterocycles. The van der Waals surface area contributed by atoms with E-state index >= 15 is 0 Å². The fraction of sp³-hybridized carbons (Fsp3) is 0.444. The molecule has 0 radical (unpaired) electrons. The molecule has 0 aliphatic carbocycles. The SMILES string of the molecule is COc1ccc(-c2nnc(SC(C)C(=O)NC(C)CCc3ccccc3)n2CC2CCCO2)cc1. The minimum Gasteiger partial charge on any atom is -0.497 e. The number of ether oxygens (including phenoxy) is 2. The van der Waals surface area contributed by atoms with Crippen LogP contribution in [0.4, 0.5) is 0 Å². The molecule has 2 aromatic carbocycles. The van der Waals surface area contributed by atoms with Gasteiger partial charge in [0.25, 0.3) is 0 Å². The molecule has 3 unspecified atom stereocenters. The van der Waals surface area contributed by atoms with Gasteiger partial charge < -0.3 is 14.8 Å². The lowest BCUT2D eigenvalue weighted by molar-refractivity contribution is -0.120. The number of nitrogens with one attached hydrogen (secondary N) is 1. The summed E-state index contributed by atoms with van der Waals surface area (Å²) in [5.74, 6) is 1.57. The van der Waals surface area contributed by atoms with E-state index in [1.807, 2.05) is 49.4 Å². The number of thioether (sulfide) groups is 1. The number of aryl methyl sites for hydroxylation is 1. The standard InChI is InChI=1S/C27H34N4O3S/c1-19(11-12-21-8-5-4-6-9-21)28-26(32)20(2)35-27-30-29-25(22-13-15-23(33-3)16-14-22)31(27)18-24-10-7-17-34-24/h4-6,8-9,13-16,19-20,24H,7,10-12,17-18H2,1-3H3,(H,28,32). The molecule has 1 aromatic heterocycles. The Morgan fingerprint density at radius 2 is 1.94 bits per heavy atom. The van der Waals surface area contributed by atoms with Crippen molar-refractivity contribution in [3.05, 3.63) is 60.2 Å². The van der Waals surface area contributed by atoms with E-state index in [0.29, 0.717) is 6.54 Å². The Kier molecular flexibility index (Phi) is 8.82. The fourth-order valence-corrected chi connectivity index (χ4v) is 5.03. The number of hydrogen-bond donors (Lipinski definition) is 1. The van der Waals surface area contributed by atoms with Gasteiger partial charge in [0.2, 0.25) is 5.91 Å². The molecule has 1 saturated heterocycles. The second kappa shape index (κ2) is 12.2. The second-order valence-corrected chi connectivity index (χ2v) is 10.3. The van der Waals surface area contributed by atoms with Crippen LogP contribution in [0.25, 0.3) is 11.4 Å². The molecule has 0 bridgehead atoms. The molecule has 7 nitrogen and oxygen atoms in total. The zero-order valence-electron chi connectivity index (χ0n) is 20.6. The smallest absolute Gasteiger partial charge is 0.233 e. The summed E-state index contributed by atoms with van der Waals surface area (Å²) in [7, 11) is 1.65. The Morgan fingerprint density at radius 1 is 1.17 bits per heavy atom. The molecule has 1 fully saturated rings. The van der Waals surface area contributed by atoms with Crippen molar-refractivity contribution in [2.75, 3.05) is 13.7 Å². The Balaban J connectivity index is 1.42. The first-order valence-corrected chi connectivity index (χ1v) is 13.1. The quantitative estimate of drug-likeness (QED) is 0.388. The van der Waals surface area contributed by atoms with Crippen molar-refractivity contribution < 1.29 is 14.3 Å². The fourth-order valence-electron chi connectivity index (χ4n) is 4.16. The summed E-state index contributed by atoms with van der Waals surface area (Å²) < 4.78 is 13.3. The number of nitrogens with zero attached hydrogens (tertiary/aromatic N) is 3. The normalized spacial score (nSPS) is 17.2. The van der Waals surface area contributed by atoms with Crippen molar-refractivity contribution >= 4 is 17.7 Å². The number of benzene rings is 2. The minimum absolute atomic E-state index is 0.00762. The molecule has 8 heteroatoms. The average molecular weight is 495 g/mol. The van der Waals surface area contributed by atoms with Crippen LogP contribution < -0.4 is 10.1 Å². The average Bonchev–Trinajstić information content (AvgIpc) is 3.54. The lowest BCUT2D eigenvalue weighted by atomic mass is 10.1. The Labute approximate surface area is 211 Å². The number of methoxy groups -OCH3 is 1. The molecule has 4 rings (SSSR count). The van der Waals surface area contributed by atoms with Gasteiger partial charge in [-0.1, -0.05) is 42.1 Å². The van der Waals surface area contributed by atoms with Crippen molar-refractivity contribution in [1.82, 2.24) is 20.1 Å². The summed E-state index contributed by atoms with van der Waals surface area (Å²) in [6.07, 6.45) is 4.03. The number of carbonyl (C=O) groups is 1. The van der Waals surface area contributed by atoms with Crippen LogP contribution in [-0.2, 0) is 22.5 Å². The number of carbonyl (C=O) groups excluding carboxylic acids is 1. The van der Waals surface area contributed by atoms with Crippen molar-refractivity contribution in [1.29, 1.82) is 0 Å². The second-order valence-electron chi connectivity index (χ2n) is 8.97. The van der Waals surface area contributed by atoms with Crippen LogP contribution in [0.5, 0.6) is 5.75 Å². The zero-order chi connectivity index (χ0) is 24.6.